The van der Waals surface area contributed by atoms with Crippen LogP contribution in [0.25, 0.3) is 11.0 Å². The van der Waals surface area contributed by atoms with Crippen molar-refractivity contribution in [1.82, 2.24) is 14.8 Å². The molecular formula is C12H9N3O2. The van der Waals surface area contributed by atoms with Crippen LogP contribution >= 0.6 is 0 Å². The second kappa shape index (κ2) is 3.86. The summed E-state index contributed by atoms with van der Waals surface area (Å²) in [5.74, 6) is -0.0412. The normalized spacial score (nSPS) is 10.8. The Kier molecular flexibility index (Phi) is 2.22. The molecule has 0 amide bonds. The lowest BCUT2D eigenvalue weighted by molar-refractivity contribution is 0.0968. The van der Waals surface area contributed by atoms with E-state index < -0.39 is 0 Å². The molecule has 84 valence electrons. The van der Waals surface area contributed by atoms with Crippen LogP contribution in [0.3, 0.4) is 0 Å². The number of benzene rings is 1. The highest BCUT2D eigenvalue weighted by Crippen LogP contribution is 2.21. The van der Waals surface area contributed by atoms with Crippen molar-refractivity contribution in [3.05, 3.63) is 48.7 Å². The third-order valence-electron chi connectivity index (χ3n) is 2.55. The van der Waals surface area contributed by atoms with Gasteiger partial charge >= 0.3 is 0 Å². The van der Waals surface area contributed by atoms with Crippen molar-refractivity contribution in [2.45, 2.75) is 6.54 Å². The topological polar surface area (TPSA) is 60.9 Å². The lowest BCUT2D eigenvalue weighted by Gasteiger charge is -1.98. The van der Waals surface area contributed by atoms with Crippen LogP contribution in [0, 0.1) is 0 Å². The number of Topliss-reactive ketones (excluding diaryl/α,β-unsaturated/α-hetero) is 1. The average molecular weight is 227 g/mol. The summed E-state index contributed by atoms with van der Waals surface area (Å²) < 4.78 is 6.81. The van der Waals surface area contributed by atoms with E-state index >= 15 is 0 Å². The lowest BCUT2D eigenvalue weighted by Crippen LogP contribution is -2.10. The molecule has 0 aliphatic carbocycles. The number of para-hydroxylation sites is 1. The molecule has 3 aromatic rings. The Bertz CT molecular complexity index is 655. The van der Waals surface area contributed by atoms with Crippen molar-refractivity contribution in [3.63, 3.8) is 0 Å². The van der Waals surface area contributed by atoms with E-state index in [2.05, 4.69) is 10.1 Å². The van der Waals surface area contributed by atoms with Crippen molar-refractivity contribution < 1.29 is 9.21 Å². The van der Waals surface area contributed by atoms with E-state index in [1.54, 1.807) is 0 Å². The maximum absolute atomic E-state index is 12.0. The van der Waals surface area contributed by atoms with E-state index in [1.807, 2.05) is 24.3 Å². The standard InChI is InChI=1S/C12H9N3O2/c16-11(5-15-8-13-7-14-15)10-6-17-12-4-2-1-3-9(10)12/h1-4,6-8H,5H2. The molecule has 0 N–H and O–H groups in total. The van der Waals surface area contributed by atoms with E-state index in [0.29, 0.717) is 5.56 Å². The Hall–Kier alpha value is -2.43. The van der Waals surface area contributed by atoms with Gasteiger partial charge in [-0.25, -0.2) is 9.67 Å². The van der Waals surface area contributed by atoms with Crippen LogP contribution < -0.4 is 0 Å². The smallest absolute Gasteiger partial charge is 0.188 e. The summed E-state index contributed by atoms with van der Waals surface area (Å²) >= 11 is 0. The molecule has 3 rings (SSSR count). The number of aromatic nitrogens is 3. The van der Waals surface area contributed by atoms with Gasteiger partial charge in [-0.2, -0.15) is 5.10 Å². The predicted molar refractivity (Wildman–Crippen MR) is 60.6 cm³/mol. The Morgan fingerprint density at radius 2 is 2.24 bits per heavy atom. The maximum Gasteiger partial charge on any atom is 0.188 e. The van der Waals surface area contributed by atoms with Crippen molar-refractivity contribution in [3.8, 4) is 0 Å². The van der Waals surface area contributed by atoms with Crippen molar-refractivity contribution in [2.24, 2.45) is 0 Å². The molecule has 0 spiro atoms. The van der Waals surface area contributed by atoms with E-state index in [0.717, 1.165) is 11.0 Å². The zero-order valence-corrected chi connectivity index (χ0v) is 8.91. The number of carbonyl (C=O) groups excluding carboxylic acids is 1. The number of hydrogen-bond donors (Lipinski definition) is 0. The van der Waals surface area contributed by atoms with Crippen molar-refractivity contribution in [2.75, 3.05) is 0 Å². The summed E-state index contributed by atoms with van der Waals surface area (Å²) in [5.41, 5.74) is 1.30. The monoisotopic (exact) mass is 227 g/mol. The number of hydrogen-bond acceptors (Lipinski definition) is 4. The molecular weight excluding hydrogens is 218 g/mol. The van der Waals surface area contributed by atoms with Crippen LogP contribution in [0.5, 0.6) is 0 Å². The minimum Gasteiger partial charge on any atom is -0.464 e. The average Bonchev–Trinajstić information content (AvgIpc) is 2.96. The van der Waals surface area contributed by atoms with Crippen LogP contribution in [-0.4, -0.2) is 20.5 Å². The molecule has 0 unspecified atom stereocenters. The summed E-state index contributed by atoms with van der Waals surface area (Å²) in [4.78, 5) is 15.8. The van der Waals surface area contributed by atoms with Gasteiger partial charge in [-0.3, -0.25) is 4.79 Å². The first-order chi connectivity index (χ1) is 8.34. The first-order valence-corrected chi connectivity index (χ1v) is 5.16. The molecule has 5 heteroatoms. The predicted octanol–water partition coefficient (Wildman–Crippen LogP) is 1.91. The van der Waals surface area contributed by atoms with Gasteiger partial charge in [0.15, 0.2) is 5.78 Å². The first-order valence-electron chi connectivity index (χ1n) is 5.16. The highest BCUT2D eigenvalue weighted by Gasteiger charge is 2.13. The SMILES string of the molecule is O=C(Cn1cncn1)c1coc2ccccc12. The minimum atomic E-state index is -0.0412. The molecule has 0 saturated heterocycles. The summed E-state index contributed by atoms with van der Waals surface area (Å²) in [7, 11) is 0. The number of ketones is 1. The lowest BCUT2D eigenvalue weighted by atomic mass is 10.1. The molecule has 1 aromatic carbocycles. The Labute approximate surface area is 96.7 Å². The van der Waals surface area contributed by atoms with Gasteiger partial charge in [0.1, 0.15) is 31.0 Å². The second-order valence-corrected chi connectivity index (χ2v) is 3.66. The molecule has 0 atom stereocenters. The zero-order valence-electron chi connectivity index (χ0n) is 8.91. The number of nitrogens with zero attached hydrogens (tertiary/aromatic N) is 3. The quantitative estimate of drug-likeness (QED) is 0.641. The zero-order chi connectivity index (χ0) is 11.7. The number of fused-ring (bicyclic) bond motifs is 1. The summed E-state index contributed by atoms with van der Waals surface area (Å²) in [6, 6.07) is 7.45. The van der Waals surface area contributed by atoms with Gasteiger partial charge < -0.3 is 4.42 Å². The molecule has 0 radical (unpaired) electrons. The Balaban J connectivity index is 1.96. The Morgan fingerprint density at radius 1 is 1.35 bits per heavy atom. The van der Waals surface area contributed by atoms with Crippen molar-refractivity contribution in [1.29, 1.82) is 0 Å². The molecule has 5 nitrogen and oxygen atoms in total. The van der Waals surface area contributed by atoms with Gasteiger partial charge in [-0.15, -0.1) is 0 Å². The molecule has 0 bridgehead atoms. The molecule has 2 heterocycles. The number of rotatable bonds is 3. The molecule has 0 saturated carbocycles. The largest absolute Gasteiger partial charge is 0.464 e. The first kappa shape index (κ1) is 9.77. The minimum absolute atomic E-state index is 0.0412. The van der Waals surface area contributed by atoms with Gasteiger partial charge in [-0.05, 0) is 6.07 Å². The summed E-state index contributed by atoms with van der Waals surface area (Å²) in [6.07, 6.45) is 4.41. The summed E-state index contributed by atoms with van der Waals surface area (Å²) in [5, 5.41) is 4.73. The van der Waals surface area contributed by atoms with Crippen LogP contribution in [0.1, 0.15) is 10.4 Å². The van der Waals surface area contributed by atoms with E-state index in [1.165, 1.54) is 23.6 Å². The van der Waals surface area contributed by atoms with Gasteiger partial charge in [0.2, 0.25) is 0 Å². The van der Waals surface area contributed by atoms with E-state index in [-0.39, 0.29) is 12.3 Å². The number of carbonyl (C=O) groups is 1. The number of furan rings is 1. The molecule has 0 aliphatic heterocycles. The fourth-order valence-electron chi connectivity index (χ4n) is 1.74. The van der Waals surface area contributed by atoms with Crippen LogP contribution in [-0.2, 0) is 6.54 Å². The van der Waals surface area contributed by atoms with Gasteiger partial charge in [0, 0.05) is 5.39 Å². The molecule has 17 heavy (non-hydrogen) atoms. The van der Waals surface area contributed by atoms with Crippen LogP contribution in [0.2, 0.25) is 0 Å². The molecule has 0 fully saturated rings. The van der Waals surface area contributed by atoms with Gasteiger partial charge in [0.05, 0.1) is 5.56 Å². The second-order valence-electron chi connectivity index (χ2n) is 3.66. The third-order valence-corrected chi connectivity index (χ3v) is 2.55. The van der Waals surface area contributed by atoms with Crippen molar-refractivity contribution >= 4 is 16.8 Å². The van der Waals surface area contributed by atoms with Gasteiger partial charge in [-0.1, -0.05) is 18.2 Å². The van der Waals surface area contributed by atoms with Crippen LogP contribution in [0.4, 0.5) is 0 Å². The van der Waals surface area contributed by atoms with Crippen LogP contribution in [0.15, 0.2) is 47.6 Å². The highest BCUT2D eigenvalue weighted by molar-refractivity contribution is 6.06. The molecule has 0 aliphatic rings. The fourth-order valence-corrected chi connectivity index (χ4v) is 1.74. The third kappa shape index (κ3) is 1.71. The summed E-state index contributed by atoms with van der Waals surface area (Å²) in [6.45, 7) is 0.170. The van der Waals surface area contributed by atoms with E-state index in [4.69, 9.17) is 4.42 Å². The highest BCUT2D eigenvalue weighted by atomic mass is 16.3. The Morgan fingerprint density at radius 3 is 3.06 bits per heavy atom. The fraction of sp³-hybridized carbons (Fsp3) is 0.0833. The van der Waals surface area contributed by atoms with E-state index in [9.17, 15) is 4.79 Å². The molecule has 2 aromatic heterocycles. The van der Waals surface area contributed by atoms with Gasteiger partial charge in [0.25, 0.3) is 0 Å². The maximum atomic E-state index is 12.0.